The third kappa shape index (κ3) is 14.9. The molecule has 1 amide bonds. The number of methoxy groups -OCH3 is 1. The number of ether oxygens (including phenoxy) is 2. The van der Waals surface area contributed by atoms with Gasteiger partial charge in [0.25, 0.3) is 5.91 Å². The van der Waals surface area contributed by atoms with Crippen molar-refractivity contribution < 1.29 is 31.1 Å². The van der Waals surface area contributed by atoms with Gasteiger partial charge in [0.2, 0.25) is 19.7 Å². The van der Waals surface area contributed by atoms with Crippen LogP contribution in [0.1, 0.15) is 124 Å². The smallest absolute Gasteiger partial charge is 0.254 e. The molecule has 8 nitrogen and oxygen atoms in total. The molecule has 0 N–H and O–H groups in total. The second kappa shape index (κ2) is 21.9. The summed E-state index contributed by atoms with van der Waals surface area (Å²) >= 11 is 0. The van der Waals surface area contributed by atoms with Gasteiger partial charge in [-0.15, -0.1) is 0 Å². The van der Waals surface area contributed by atoms with Crippen LogP contribution in [0.2, 0.25) is 0 Å². The monoisotopic (exact) mass is 937 g/mol. The maximum Gasteiger partial charge on any atom is 0.254 e. The molecule has 1 saturated heterocycles. The maximum absolute atomic E-state index is 12.7. The fourth-order valence-corrected chi connectivity index (χ4v) is 10.0. The van der Waals surface area contributed by atoms with E-state index in [1.807, 2.05) is 67.3 Å². The Bertz CT molecular complexity index is 2580. The third-order valence-corrected chi connectivity index (χ3v) is 15.2. The van der Waals surface area contributed by atoms with Crippen molar-refractivity contribution in [3.63, 3.8) is 0 Å². The number of hydrogen-bond donors (Lipinski definition) is 0. The number of sulfone groups is 2. The summed E-state index contributed by atoms with van der Waals surface area (Å²) in [6.07, 6.45) is 3.48. The van der Waals surface area contributed by atoms with E-state index in [1.165, 1.54) is 5.56 Å². The van der Waals surface area contributed by atoms with Gasteiger partial charge in [-0.05, 0) is 138 Å². The predicted octanol–water partition coefficient (Wildman–Crippen LogP) is 12.4. The highest BCUT2D eigenvalue weighted by Crippen LogP contribution is 2.29. The van der Waals surface area contributed by atoms with Gasteiger partial charge in [0, 0.05) is 20.1 Å². The van der Waals surface area contributed by atoms with Crippen LogP contribution in [0.25, 0.3) is 0 Å². The summed E-state index contributed by atoms with van der Waals surface area (Å²) in [6.45, 7) is 28.4. The molecule has 0 radical (unpaired) electrons. The molecule has 1 aliphatic rings. The number of nitrogens with zero attached hydrogens (tertiary/aromatic N) is 1. The average Bonchev–Trinajstić information content (AvgIpc) is 3.74. The fraction of sp³-hybridized carbons (Fsp3) is 0.446. The highest BCUT2D eigenvalue weighted by molar-refractivity contribution is 7.91. The highest BCUT2D eigenvalue weighted by Gasteiger charge is 2.36. The second-order valence-corrected chi connectivity index (χ2v) is 24.8. The van der Waals surface area contributed by atoms with E-state index in [9.17, 15) is 21.6 Å². The number of benzene rings is 5. The summed E-state index contributed by atoms with van der Waals surface area (Å²) in [7, 11) is -5.30. The van der Waals surface area contributed by atoms with Crippen LogP contribution in [0.3, 0.4) is 0 Å². The highest BCUT2D eigenvalue weighted by atomic mass is 32.2. The van der Waals surface area contributed by atoms with Crippen LogP contribution in [-0.2, 0) is 59.3 Å². The predicted molar refractivity (Wildman–Crippen MR) is 269 cm³/mol. The lowest BCUT2D eigenvalue weighted by Crippen LogP contribution is -2.45. The van der Waals surface area contributed by atoms with Crippen molar-refractivity contribution in [1.29, 1.82) is 0 Å². The molecule has 0 aromatic heterocycles. The molecule has 66 heavy (non-hydrogen) atoms. The summed E-state index contributed by atoms with van der Waals surface area (Å²) in [6, 6.07) is 37.1. The molecule has 1 heterocycles. The average molecular weight is 938 g/mol. The molecule has 0 aliphatic carbocycles. The molecular formula is C56H75NO7S2. The molecular weight excluding hydrogens is 863 g/mol. The Hall–Kier alpha value is -4.77. The lowest BCUT2D eigenvalue weighted by Gasteiger charge is -2.27. The van der Waals surface area contributed by atoms with Gasteiger partial charge < -0.3 is 14.4 Å². The van der Waals surface area contributed by atoms with E-state index in [2.05, 4.69) is 74.4 Å². The molecule has 5 aromatic rings. The van der Waals surface area contributed by atoms with Gasteiger partial charge in [0.1, 0.15) is 17.5 Å². The van der Waals surface area contributed by atoms with Crippen LogP contribution in [0.4, 0.5) is 0 Å². The topological polar surface area (TPSA) is 107 Å². The molecule has 10 heteroatoms. The summed E-state index contributed by atoms with van der Waals surface area (Å²) in [5, 5.41) is 0. The number of hydrogen-bond acceptors (Lipinski definition) is 7. The van der Waals surface area contributed by atoms with Gasteiger partial charge in [0.05, 0.1) is 26.1 Å². The first kappa shape index (κ1) is 53.8. The van der Waals surface area contributed by atoms with Crippen LogP contribution in [0.5, 0.6) is 5.75 Å². The Balaban J connectivity index is 0.000000217. The Morgan fingerprint density at radius 3 is 1.39 bits per heavy atom. The van der Waals surface area contributed by atoms with Gasteiger partial charge in [0.15, 0.2) is 0 Å². The quantitative estimate of drug-likeness (QED) is 0.130. The molecule has 1 aliphatic heterocycles. The number of likely N-dealkylation sites (tertiary alicyclic amines) is 1. The number of aryl methyl sites for hydroxylation is 2. The third-order valence-electron chi connectivity index (χ3n) is 11.7. The van der Waals surface area contributed by atoms with E-state index in [0.29, 0.717) is 26.1 Å². The van der Waals surface area contributed by atoms with Crippen molar-refractivity contribution in [2.45, 2.75) is 158 Å². The van der Waals surface area contributed by atoms with Crippen LogP contribution in [-0.4, -0.2) is 59.5 Å². The molecule has 1 fully saturated rings. The molecule has 0 bridgehead atoms. The number of rotatable bonds is 11. The van der Waals surface area contributed by atoms with Crippen LogP contribution < -0.4 is 4.74 Å². The molecule has 1 unspecified atom stereocenters. The minimum absolute atomic E-state index is 0.0183. The summed E-state index contributed by atoms with van der Waals surface area (Å²) in [5.41, 5.74) is 5.21. The maximum atomic E-state index is 12.7. The van der Waals surface area contributed by atoms with E-state index in [0.717, 1.165) is 60.2 Å². The van der Waals surface area contributed by atoms with Gasteiger partial charge >= 0.3 is 0 Å². The lowest BCUT2D eigenvalue weighted by molar-refractivity contribution is -0.150. The minimum atomic E-state index is -3.43. The first-order valence-corrected chi connectivity index (χ1v) is 26.1. The van der Waals surface area contributed by atoms with Crippen LogP contribution in [0, 0.1) is 5.41 Å². The van der Waals surface area contributed by atoms with E-state index in [-0.39, 0.29) is 28.3 Å². The van der Waals surface area contributed by atoms with E-state index in [4.69, 9.17) is 9.47 Å². The van der Waals surface area contributed by atoms with Gasteiger partial charge in [-0.1, -0.05) is 137 Å². The molecule has 0 spiro atoms. The van der Waals surface area contributed by atoms with Gasteiger partial charge in [-0.2, -0.15) is 0 Å². The standard InChI is InChI=1S/C19H29NO3.C19H24O2S.C18H22O2S/c1-18(2,3)14-7-9-15(10-8-14)23-16-11-12-20(13-16)17(21)19(4,5)22-6;1-5-15-7-6-8-18(13-15)22(20,21)17-11-9-16(10-12-17)14-19(2,3)4;1-5-14-7-6-8-17(13-14)21(19,20)16-11-9-15(10-12-16)18(2,3)4/h7-10,16H,11-13H2,1-6H3;6-13H,5,14H2,1-4H3;6-13H,5H2,1-4H3. The lowest BCUT2D eigenvalue weighted by atomic mass is 9.87. The Labute approximate surface area is 398 Å². The molecule has 0 saturated carbocycles. The first-order chi connectivity index (χ1) is 30.6. The number of carbonyl (C=O) groups excluding carboxylic acids is 1. The molecule has 6 rings (SSSR count). The Morgan fingerprint density at radius 1 is 0.576 bits per heavy atom. The molecule has 5 aromatic carbocycles. The molecule has 1 atom stereocenters. The second-order valence-electron chi connectivity index (χ2n) is 20.9. The van der Waals surface area contributed by atoms with Crippen molar-refractivity contribution in [2.75, 3.05) is 20.2 Å². The van der Waals surface area contributed by atoms with Crippen molar-refractivity contribution in [3.8, 4) is 5.75 Å². The van der Waals surface area contributed by atoms with E-state index in [1.54, 1.807) is 81.6 Å². The van der Waals surface area contributed by atoms with Gasteiger partial charge in [-0.25, -0.2) is 16.8 Å². The Kier molecular flexibility index (Phi) is 17.9. The summed E-state index contributed by atoms with van der Waals surface area (Å²) in [5.74, 6) is 0.887. The zero-order valence-corrected chi connectivity index (χ0v) is 43.6. The Morgan fingerprint density at radius 2 is 1.00 bits per heavy atom. The zero-order chi connectivity index (χ0) is 49.3. The van der Waals surface area contributed by atoms with E-state index < -0.39 is 25.3 Å². The molecule has 358 valence electrons. The SMILES string of the molecule is CCc1cccc(S(=O)(=O)c2ccc(C(C)(C)C)cc2)c1.CCc1cccc(S(=O)(=O)c2ccc(CC(C)(C)C)cc2)c1.COC(C)(C)C(=O)N1CCC(Oc2ccc(C(C)(C)C)cc2)C1. The van der Waals surface area contributed by atoms with Crippen LogP contribution >= 0.6 is 0 Å². The summed E-state index contributed by atoms with van der Waals surface area (Å²) < 4.78 is 62.0. The minimum Gasteiger partial charge on any atom is -0.489 e. The summed E-state index contributed by atoms with van der Waals surface area (Å²) in [4.78, 5) is 15.7. The normalized spacial score (nSPS) is 14.7. The van der Waals surface area contributed by atoms with E-state index >= 15 is 0 Å². The van der Waals surface area contributed by atoms with Crippen LogP contribution in [0.15, 0.2) is 141 Å². The zero-order valence-electron chi connectivity index (χ0n) is 42.0. The fourth-order valence-electron chi connectivity index (χ4n) is 7.37. The van der Waals surface area contributed by atoms with Crippen molar-refractivity contribution in [1.82, 2.24) is 4.90 Å². The number of amides is 1. The number of carbonyl (C=O) groups is 1. The van der Waals surface area contributed by atoms with Crippen molar-refractivity contribution in [2.24, 2.45) is 5.41 Å². The largest absolute Gasteiger partial charge is 0.489 e. The van der Waals surface area contributed by atoms with Crippen molar-refractivity contribution >= 4 is 25.6 Å². The first-order valence-electron chi connectivity index (χ1n) is 23.1. The van der Waals surface area contributed by atoms with Crippen molar-refractivity contribution in [3.05, 3.63) is 149 Å². The van der Waals surface area contributed by atoms with Gasteiger partial charge in [-0.3, -0.25) is 4.79 Å².